The summed E-state index contributed by atoms with van der Waals surface area (Å²) in [6, 6.07) is 0. The van der Waals surface area contributed by atoms with Crippen molar-refractivity contribution in [3.63, 3.8) is 0 Å². The quantitative estimate of drug-likeness (QED) is 0.345. The Balaban J connectivity index is 3.86. The first-order valence-corrected chi connectivity index (χ1v) is 6.00. The lowest BCUT2D eigenvalue weighted by atomic mass is 10.3. The van der Waals surface area contributed by atoms with Gasteiger partial charge in [-0.15, -0.1) is 0 Å². The van der Waals surface area contributed by atoms with Crippen molar-refractivity contribution in [1.82, 2.24) is 10.2 Å². The zero-order chi connectivity index (χ0) is 14.7. The summed E-state index contributed by atoms with van der Waals surface area (Å²) in [5.74, 6) is -2.75. The Bertz CT molecular complexity index is 290. The van der Waals surface area contributed by atoms with Gasteiger partial charge < -0.3 is 25.5 Å². The Morgan fingerprint density at radius 3 is 1.63 bits per heavy atom. The molecule has 0 atom stereocenters. The number of carboxylic acid groups (broad SMARTS) is 3. The number of hydrogen-bond donors (Lipinski definition) is 4. The molecular formula is C11H20N2O6. The maximum Gasteiger partial charge on any atom is 0.304 e. The van der Waals surface area contributed by atoms with Crippen LogP contribution in [-0.2, 0) is 14.4 Å². The molecule has 0 amide bonds. The third-order valence-corrected chi connectivity index (χ3v) is 2.40. The standard InChI is InChI=1S/C11H20N2O6/c14-9(15)1-4-12-5-8-13(6-2-10(16)17)7-3-11(18)19/h12H,1-8H2,(H,14,15)(H,16,17)(H,18,19). The van der Waals surface area contributed by atoms with Crippen molar-refractivity contribution in [3.05, 3.63) is 0 Å². The average Bonchev–Trinajstić information content (AvgIpc) is 2.30. The molecule has 19 heavy (non-hydrogen) atoms. The lowest BCUT2D eigenvalue weighted by molar-refractivity contribution is -0.138. The van der Waals surface area contributed by atoms with E-state index in [9.17, 15) is 14.4 Å². The molecule has 0 aromatic carbocycles. The van der Waals surface area contributed by atoms with Gasteiger partial charge in [0.05, 0.1) is 19.3 Å². The van der Waals surface area contributed by atoms with Crippen molar-refractivity contribution in [2.24, 2.45) is 0 Å². The number of hydrogen-bond acceptors (Lipinski definition) is 5. The molecule has 8 heteroatoms. The van der Waals surface area contributed by atoms with Crippen molar-refractivity contribution in [2.45, 2.75) is 19.3 Å². The Morgan fingerprint density at radius 1 is 0.737 bits per heavy atom. The minimum absolute atomic E-state index is 0.0181. The van der Waals surface area contributed by atoms with Crippen LogP contribution in [0.2, 0.25) is 0 Å². The minimum atomic E-state index is -0.931. The Hall–Kier alpha value is -1.67. The van der Waals surface area contributed by atoms with E-state index in [0.717, 1.165) is 0 Å². The molecule has 0 aromatic rings. The Labute approximate surface area is 111 Å². The SMILES string of the molecule is O=C(O)CCNCCN(CCC(=O)O)CCC(=O)O. The van der Waals surface area contributed by atoms with E-state index < -0.39 is 17.9 Å². The summed E-state index contributed by atoms with van der Waals surface area (Å²) in [5.41, 5.74) is 0. The first-order chi connectivity index (χ1) is 8.91. The molecule has 0 saturated heterocycles. The van der Waals surface area contributed by atoms with Crippen molar-refractivity contribution < 1.29 is 29.7 Å². The number of nitrogens with one attached hydrogen (secondary N) is 1. The Kier molecular flexibility index (Phi) is 9.37. The van der Waals surface area contributed by atoms with Gasteiger partial charge in [-0.05, 0) is 0 Å². The molecule has 0 aromatic heterocycles. The largest absolute Gasteiger partial charge is 0.481 e. The van der Waals surface area contributed by atoms with Gasteiger partial charge in [0.15, 0.2) is 0 Å². The number of carbonyl (C=O) groups is 3. The van der Waals surface area contributed by atoms with Crippen LogP contribution >= 0.6 is 0 Å². The molecule has 4 N–H and O–H groups in total. The van der Waals surface area contributed by atoms with Gasteiger partial charge in [-0.2, -0.15) is 0 Å². The summed E-state index contributed by atoms with van der Waals surface area (Å²) in [6.07, 6.45) is -0.0757. The van der Waals surface area contributed by atoms with Gasteiger partial charge in [0.1, 0.15) is 0 Å². The molecule has 0 aliphatic heterocycles. The van der Waals surface area contributed by atoms with Crippen LogP contribution in [0.1, 0.15) is 19.3 Å². The van der Waals surface area contributed by atoms with Gasteiger partial charge in [0.25, 0.3) is 0 Å². The molecule has 0 unspecified atom stereocenters. The Morgan fingerprint density at radius 2 is 1.21 bits per heavy atom. The molecule has 0 saturated carbocycles. The minimum Gasteiger partial charge on any atom is -0.481 e. The number of carboxylic acids is 3. The van der Waals surface area contributed by atoms with Crippen LogP contribution in [0, 0.1) is 0 Å². The van der Waals surface area contributed by atoms with Crippen molar-refractivity contribution in [2.75, 3.05) is 32.7 Å². The van der Waals surface area contributed by atoms with E-state index in [4.69, 9.17) is 15.3 Å². The molecule has 0 spiro atoms. The summed E-state index contributed by atoms with van der Waals surface area (Å²) in [5, 5.41) is 28.5. The third-order valence-electron chi connectivity index (χ3n) is 2.40. The lowest BCUT2D eigenvalue weighted by Crippen LogP contribution is -2.35. The van der Waals surface area contributed by atoms with Gasteiger partial charge >= 0.3 is 17.9 Å². The number of rotatable bonds is 12. The second-order valence-electron chi connectivity index (χ2n) is 4.02. The maximum absolute atomic E-state index is 10.5. The van der Waals surface area contributed by atoms with E-state index in [1.807, 2.05) is 0 Å². The maximum atomic E-state index is 10.5. The fraction of sp³-hybridized carbons (Fsp3) is 0.727. The molecule has 0 aliphatic carbocycles. The van der Waals surface area contributed by atoms with Crippen LogP contribution in [0.25, 0.3) is 0 Å². The van der Waals surface area contributed by atoms with Crippen molar-refractivity contribution in [3.8, 4) is 0 Å². The lowest BCUT2D eigenvalue weighted by Gasteiger charge is -2.20. The van der Waals surface area contributed by atoms with Crippen LogP contribution in [0.5, 0.6) is 0 Å². The van der Waals surface area contributed by atoms with Crippen molar-refractivity contribution >= 4 is 17.9 Å². The highest BCUT2D eigenvalue weighted by molar-refractivity contribution is 5.67. The molecule has 110 valence electrons. The first-order valence-electron chi connectivity index (χ1n) is 6.00. The molecule has 0 aliphatic rings. The summed E-state index contributed by atoms with van der Waals surface area (Å²) < 4.78 is 0. The van der Waals surface area contributed by atoms with E-state index in [1.165, 1.54) is 0 Å². The number of aliphatic carboxylic acids is 3. The molecule has 8 nitrogen and oxygen atoms in total. The fourth-order valence-electron chi connectivity index (χ4n) is 1.40. The smallest absolute Gasteiger partial charge is 0.304 e. The van der Waals surface area contributed by atoms with Crippen LogP contribution in [0.4, 0.5) is 0 Å². The molecular weight excluding hydrogens is 256 g/mol. The van der Waals surface area contributed by atoms with Gasteiger partial charge in [0.2, 0.25) is 0 Å². The fourth-order valence-corrected chi connectivity index (χ4v) is 1.40. The number of nitrogens with zero attached hydrogens (tertiary/aromatic N) is 1. The van der Waals surface area contributed by atoms with Gasteiger partial charge in [-0.1, -0.05) is 0 Å². The average molecular weight is 276 g/mol. The predicted octanol–water partition coefficient (Wildman–Crippen LogP) is -0.698. The summed E-state index contributed by atoms with van der Waals surface area (Å²) in [7, 11) is 0. The van der Waals surface area contributed by atoms with E-state index in [0.29, 0.717) is 19.6 Å². The molecule has 0 bridgehead atoms. The molecule has 0 fully saturated rings. The first kappa shape index (κ1) is 17.3. The molecule has 0 rings (SSSR count). The second kappa shape index (κ2) is 10.3. The highest BCUT2D eigenvalue weighted by Gasteiger charge is 2.09. The third kappa shape index (κ3) is 12.6. The molecule has 0 radical (unpaired) electrons. The summed E-state index contributed by atoms with van der Waals surface area (Å²) in [4.78, 5) is 32.9. The predicted molar refractivity (Wildman–Crippen MR) is 66.1 cm³/mol. The van der Waals surface area contributed by atoms with Crippen LogP contribution in [0.3, 0.4) is 0 Å². The van der Waals surface area contributed by atoms with Crippen LogP contribution in [-0.4, -0.2) is 70.9 Å². The van der Waals surface area contributed by atoms with Gasteiger partial charge in [-0.25, -0.2) is 0 Å². The van der Waals surface area contributed by atoms with E-state index in [2.05, 4.69) is 5.32 Å². The monoisotopic (exact) mass is 276 g/mol. The summed E-state index contributed by atoms with van der Waals surface area (Å²) in [6.45, 7) is 1.88. The normalized spacial score (nSPS) is 10.6. The van der Waals surface area contributed by atoms with E-state index in [-0.39, 0.29) is 32.4 Å². The van der Waals surface area contributed by atoms with Crippen LogP contribution in [0.15, 0.2) is 0 Å². The topological polar surface area (TPSA) is 127 Å². The van der Waals surface area contributed by atoms with E-state index in [1.54, 1.807) is 4.90 Å². The van der Waals surface area contributed by atoms with E-state index >= 15 is 0 Å². The van der Waals surface area contributed by atoms with Gasteiger partial charge in [-0.3, -0.25) is 14.4 Å². The second-order valence-corrected chi connectivity index (χ2v) is 4.02. The zero-order valence-electron chi connectivity index (χ0n) is 10.7. The van der Waals surface area contributed by atoms with Crippen molar-refractivity contribution in [1.29, 1.82) is 0 Å². The molecule has 0 heterocycles. The zero-order valence-corrected chi connectivity index (χ0v) is 10.7. The summed E-state index contributed by atoms with van der Waals surface area (Å²) >= 11 is 0. The highest BCUT2D eigenvalue weighted by atomic mass is 16.4. The van der Waals surface area contributed by atoms with Crippen LogP contribution < -0.4 is 5.32 Å². The van der Waals surface area contributed by atoms with Gasteiger partial charge in [0, 0.05) is 32.7 Å². The highest BCUT2D eigenvalue weighted by Crippen LogP contribution is 1.94.